The number of aliphatic hydroxyl groups is 1. The van der Waals surface area contributed by atoms with E-state index in [0.717, 1.165) is 10.4 Å². The molecule has 0 spiro atoms. The maximum Gasteiger partial charge on any atom is 0.255 e. The normalized spacial score (nSPS) is 10.7. The van der Waals surface area contributed by atoms with E-state index in [-0.39, 0.29) is 12.5 Å². The second kappa shape index (κ2) is 6.04. The Balaban J connectivity index is 2.22. The van der Waals surface area contributed by atoms with E-state index in [1.807, 2.05) is 12.3 Å². The number of carbonyl (C=O) groups is 1. The van der Waals surface area contributed by atoms with Gasteiger partial charge < -0.3 is 15.0 Å². The molecule has 102 valence electrons. The summed E-state index contributed by atoms with van der Waals surface area (Å²) in [6, 6.07) is 4.09. The van der Waals surface area contributed by atoms with E-state index in [0.29, 0.717) is 18.5 Å². The van der Waals surface area contributed by atoms with Crippen LogP contribution < -0.4 is 0 Å². The van der Waals surface area contributed by atoms with E-state index < -0.39 is 0 Å². The minimum Gasteiger partial charge on any atom is -0.396 e. The summed E-state index contributed by atoms with van der Waals surface area (Å²) in [6.45, 7) is 2.71. The average molecular weight is 278 g/mol. The van der Waals surface area contributed by atoms with E-state index >= 15 is 0 Å². The zero-order chi connectivity index (χ0) is 13.8. The fourth-order valence-corrected chi connectivity index (χ4v) is 2.84. The molecule has 0 fully saturated rings. The van der Waals surface area contributed by atoms with E-state index in [2.05, 4.69) is 18.0 Å². The molecule has 2 rings (SSSR count). The highest BCUT2D eigenvalue weighted by Gasteiger charge is 2.18. The van der Waals surface area contributed by atoms with Crippen LogP contribution in [0.25, 0.3) is 10.4 Å². The molecule has 0 atom stereocenters. The number of aromatic amines is 1. The largest absolute Gasteiger partial charge is 0.396 e. The lowest BCUT2D eigenvalue weighted by Gasteiger charge is -2.16. The van der Waals surface area contributed by atoms with Crippen LogP contribution in [0.4, 0.5) is 0 Å². The van der Waals surface area contributed by atoms with Crippen LogP contribution in [0.15, 0.2) is 24.5 Å². The summed E-state index contributed by atoms with van der Waals surface area (Å²) in [5, 5.41) is 8.82. The number of hydrogen-bond donors (Lipinski definition) is 2. The highest BCUT2D eigenvalue weighted by Crippen LogP contribution is 2.30. The summed E-state index contributed by atoms with van der Waals surface area (Å²) >= 11 is 1.68. The lowest BCUT2D eigenvalue weighted by Crippen LogP contribution is -2.28. The van der Waals surface area contributed by atoms with E-state index in [9.17, 15) is 4.79 Å². The van der Waals surface area contributed by atoms with Crippen molar-refractivity contribution in [1.29, 1.82) is 0 Å². The first-order chi connectivity index (χ1) is 9.13. The molecule has 2 N–H and O–H groups in total. The molecule has 0 unspecified atom stereocenters. The Morgan fingerprint density at radius 2 is 2.21 bits per heavy atom. The summed E-state index contributed by atoms with van der Waals surface area (Å²) in [4.78, 5) is 19.3. The molecular weight excluding hydrogens is 260 g/mol. The summed E-state index contributed by atoms with van der Waals surface area (Å²) in [6.07, 6.45) is 4.20. The van der Waals surface area contributed by atoms with Gasteiger partial charge in [0.25, 0.3) is 5.91 Å². The molecule has 19 heavy (non-hydrogen) atoms. The molecule has 2 aromatic heterocycles. The minimum atomic E-state index is -0.0178. The Morgan fingerprint density at radius 3 is 2.84 bits per heavy atom. The number of aromatic nitrogens is 1. The molecule has 5 heteroatoms. The second-order valence-corrected chi connectivity index (χ2v) is 5.78. The van der Waals surface area contributed by atoms with Crippen LogP contribution in [0.5, 0.6) is 0 Å². The minimum absolute atomic E-state index is 0.0178. The standard InChI is InChI=1S/C14H18N2O2S/c1-10-4-5-13(19-10)11-8-15-9-12(11)14(18)16(2)6-3-7-17/h4-5,8-9,15,17H,3,6-7H2,1-2H3. The van der Waals surface area contributed by atoms with Crippen LogP contribution in [-0.2, 0) is 0 Å². The Bertz CT molecular complexity index is 559. The fraction of sp³-hybridized carbons (Fsp3) is 0.357. The first-order valence-corrected chi connectivity index (χ1v) is 7.05. The van der Waals surface area contributed by atoms with Gasteiger partial charge in [0.05, 0.1) is 5.56 Å². The van der Waals surface area contributed by atoms with Gasteiger partial charge in [-0.1, -0.05) is 0 Å². The molecule has 0 saturated heterocycles. The average Bonchev–Trinajstić information content (AvgIpc) is 3.03. The number of carbonyl (C=O) groups excluding carboxylic acids is 1. The Morgan fingerprint density at radius 1 is 1.42 bits per heavy atom. The van der Waals surface area contributed by atoms with Gasteiger partial charge in [0.1, 0.15) is 0 Å². The van der Waals surface area contributed by atoms with Crippen molar-refractivity contribution in [3.8, 4) is 10.4 Å². The van der Waals surface area contributed by atoms with Crippen molar-refractivity contribution in [2.75, 3.05) is 20.2 Å². The Labute approximate surface area is 116 Å². The number of amides is 1. The molecule has 0 aliphatic carbocycles. The number of nitrogens with one attached hydrogen (secondary N) is 1. The smallest absolute Gasteiger partial charge is 0.255 e. The van der Waals surface area contributed by atoms with Crippen molar-refractivity contribution in [2.45, 2.75) is 13.3 Å². The number of H-pyrrole nitrogens is 1. The number of thiophene rings is 1. The van der Waals surface area contributed by atoms with Gasteiger partial charge in [-0.15, -0.1) is 11.3 Å². The van der Waals surface area contributed by atoms with E-state index in [1.54, 1.807) is 29.5 Å². The molecule has 0 radical (unpaired) electrons. The van der Waals surface area contributed by atoms with Crippen LogP contribution >= 0.6 is 11.3 Å². The third kappa shape index (κ3) is 3.05. The summed E-state index contributed by atoms with van der Waals surface area (Å²) in [5.41, 5.74) is 1.63. The molecule has 0 saturated carbocycles. The van der Waals surface area contributed by atoms with Crippen molar-refractivity contribution >= 4 is 17.2 Å². The number of nitrogens with zero attached hydrogens (tertiary/aromatic N) is 1. The number of aryl methyl sites for hydroxylation is 1. The monoisotopic (exact) mass is 278 g/mol. The molecule has 0 bridgehead atoms. The molecule has 2 aromatic rings. The summed E-state index contributed by atoms with van der Waals surface area (Å²) in [7, 11) is 1.76. The summed E-state index contributed by atoms with van der Waals surface area (Å²) < 4.78 is 0. The molecule has 0 aromatic carbocycles. The molecule has 0 aliphatic rings. The third-order valence-electron chi connectivity index (χ3n) is 2.98. The van der Waals surface area contributed by atoms with Crippen molar-refractivity contribution in [3.63, 3.8) is 0 Å². The topological polar surface area (TPSA) is 56.3 Å². The Hall–Kier alpha value is -1.59. The highest BCUT2D eigenvalue weighted by molar-refractivity contribution is 7.15. The van der Waals surface area contributed by atoms with Crippen molar-refractivity contribution in [1.82, 2.24) is 9.88 Å². The molecule has 2 heterocycles. The van der Waals surface area contributed by atoms with Gasteiger partial charge in [-0.25, -0.2) is 0 Å². The van der Waals surface area contributed by atoms with Crippen molar-refractivity contribution in [3.05, 3.63) is 35.0 Å². The van der Waals surface area contributed by atoms with Crippen LogP contribution in [0.1, 0.15) is 21.7 Å². The molecule has 0 aliphatic heterocycles. The molecular formula is C14H18N2O2S. The lowest BCUT2D eigenvalue weighted by molar-refractivity contribution is 0.0787. The summed E-state index contributed by atoms with van der Waals surface area (Å²) in [5.74, 6) is -0.0178. The van der Waals surface area contributed by atoms with Crippen LogP contribution in [0, 0.1) is 6.92 Å². The molecule has 1 amide bonds. The van der Waals surface area contributed by atoms with Gasteiger partial charge in [0, 0.05) is 47.9 Å². The first kappa shape index (κ1) is 13.8. The zero-order valence-electron chi connectivity index (χ0n) is 11.1. The van der Waals surface area contributed by atoms with Crippen molar-refractivity contribution < 1.29 is 9.90 Å². The van der Waals surface area contributed by atoms with Crippen LogP contribution in [0.3, 0.4) is 0 Å². The van der Waals surface area contributed by atoms with Gasteiger partial charge in [-0.05, 0) is 25.5 Å². The van der Waals surface area contributed by atoms with Gasteiger partial charge in [0.2, 0.25) is 0 Å². The number of hydrogen-bond acceptors (Lipinski definition) is 3. The maximum atomic E-state index is 12.3. The second-order valence-electron chi connectivity index (χ2n) is 4.50. The lowest BCUT2D eigenvalue weighted by atomic mass is 10.1. The van der Waals surface area contributed by atoms with E-state index in [4.69, 9.17) is 5.11 Å². The number of rotatable bonds is 5. The SMILES string of the molecule is Cc1ccc(-c2c[nH]cc2C(=O)N(C)CCCO)s1. The predicted molar refractivity (Wildman–Crippen MR) is 77.5 cm³/mol. The zero-order valence-corrected chi connectivity index (χ0v) is 12.0. The van der Waals surface area contributed by atoms with Crippen molar-refractivity contribution in [2.24, 2.45) is 0 Å². The van der Waals surface area contributed by atoms with Gasteiger partial charge >= 0.3 is 0 Å². The molecule has 4 nitrogen and oxygen atoms in total. The predicted octanol–water partition coefficient (Wildman–Crippen LogP) is 2.51. The Kier molecular flexibility index (Phi) is 4.39. The van der Waals surface area contributed by atoms with Gasteiger partial charge in [-0.3, -0.25) is 4.79 Å². The van der Waals surface area contributed by atoms with Crippen LogP contribution in [-0.4, -0.2) is 41.1 Å². The third-order valence-corrected chi connectivity index (χ3v) is 4.01. The number of aliphatic hydroxyl groups excluding tert-OH is 1. The maximum absolute atomic E-state index is 12.3. The van der Waals surface area contributed by atoms with E-state index in [1.165, 1.54) is 4.88 Å². The van der Waals surface area contributed by atoms with Crippen LogP contribution in [0.2, 0.25) is 0 Å². The highest BCUT2D eigenvalue weighted by atomic mass is 32.1. The van der Waals surface area contributed by atoms with Gasteiger partial charge in [0.15, 0.2) is 0 Å². The first-order valence-electron chi connectivity index (χ1n) is 6.23. The quantitative estimate of drug-likeness (QED) is 0.883. The van der Waals surface area contributed by atoms with Gasteiger partial charge in [-0.2, -0.15) is 0 Å². The fourth-order valence-electron chi connectivity index (χ4n) is 1.94.